The molecule has 0 bridgehead atoms. The molecule has 5 rings (SSSR count). The number of fused-ring (bicyclic) bond motifs is 1. The Morgan fingerprint density at radius 3 is 2.42 bits per heavy atom. The number of carboxylic acids is 1. The van der Waals surface area contributed by atoms with Gasteiger partial charge in [0.05, 0.1) is 27.2 Å². The van der Waals surface area contributed by atoms with Crippen molar-refractivity contribution < 1.29 is 23.1 Å². The number of halogens is 1. The van der Waals surface area contributed by atoms with E-state index in [2.05, 4.69) is 10.4 Å². The van der Waals surface area contributed by atoms with Crippen LogP contribution in [0.4, 0.5) is 0 Å². The van der Waals surface area contributed by atoms with Gasteiger partial charge >= 0.3 is 5.97 Å². The van der Waals surface area contributed by atoms with Crippen LogP contribution in [0.25, 0.3) is 16.5 Å². The van der Waals surface area contributed by atoms with Gasteiger partial charge in [0.2, 0.25) is 0 Å². The van der Waals surface area contributed by atoms with Crippen LogP contribution in [0.1, 0.15) is 61.1 Å². The number of aromatic nitrogens is 2. The number of carboxylic acid groups (broad SMARTS) is 1. The van der Waals surface area contributed by atoms with Gasteiger partial charge in [0, 0.05) is 16.8 Å². The fourth-order valence-electron chi connectivity index (χ4n) is 5.42. The molecule has 190 valence electrons. The third-order valence-electron chi connectivity index (χ3n) is 7.46. The molecule has 2 aromatic carbocycles. The number of hydrogen-bond acceptors (Lipinski definition) is 5. The second kappa shape index (κ2) is 10.2. The molecule has 8 nitrogen and oxygen atoms in total. The van der Waals surface area contributed by atoms with E-state index in [0.29, 0.717) is 41.6 Å². The highest BCUT2D eigenvalue weighted by Gasteiger charge is 2.36. The lowest BCUT2D eigenvalue weighted by Crippen LogP contribution is -2.46. The SMILES string of the molecule is O=C(N[C@H]1C[C@H](C(=O)O)C1)c1nn(-c2ccc([SH](=O)=O)c3ccccc23)c(CC2CCCCC2)c1Cl. The van der Waals surface area contributed by atoms with Crippen molar-refractivity contribution in [2.75, 3.05) is 0 Å². The number of thiol groups is 1. The zero-order chi connectivity index (χ0) is 25.4. The maximum absolute atomic E-state index is 13.1. The second-order valence-corrected chi connectivity index (χ2v) is 11.2. The minimum atomic E-state index is -2.79. The zero-order valence-electron chi connectivity index (χ0n) is 19.7. The molecule has 2 aliphatic rings. The van der Waals surface area contributed by atoms with E-state index in [-0.39, 0.29) is 21.7 Å². The number of hydrogen-bond donors (Lipinski definition) is 3. The van der Waals surface area contributed by atoms with Crippen molar-refractivity contribution in [2.45, 2.75) is 62.3 Å². The standard InChI is InChI=1S/C26H28ClN3O5S/c27-23-21(12-15-6-2-1-3-7-15)30(29-24(23)25(31)28-17-13-16(14-17)26(32)33)20-10-11-22(36(34)35)19-9-5-4-8-18(19)20/h4-5,8-11,15-17,36H,1-3,6-7,12-14H2,(H,28,31)(H,32,33)/t16-,17-. The van der Waals surface area contributed by atoms with Gasteiger partial charge in [-0.1, -0.05) is 68.0 Å². The molecule has 0 saturated heterocycles. The lowest BCUT2D eigenvalue weighted by molar-refractivity contribution is -0.145. The van der Waals surface area contributed by atoms with E-state index in [1.165, 1.54) is 6.42 Å². The van der Waals surface area contributed by atoms with E-state index < -0.39 is 28.5 Å². The van der Waals surface area contributed by atoms with Gasteiger partial charge in [-0.3, -0.25) is 9.59 Å². The first kappa shape index (κ1) is 24.8. The van der Waals surface area contributed by atoms with E-state index in [9.17, 15) is 18.0 Å². The van der Waals surface area contributed by atoms with Crippen LogP contribution in [0.15, 0.2) is 41.3 Å². The van der Waals surface area contributed by atoms with Crippen molar-refractivity contribution in [3.63, 3.8) is 0 Å². The zero-order valence-corrected chi connectivity index (χ0v) is 21.3. The Bertz CT molecular complexity index is 1400. The summed E-state index contributed by atoms with van der Waals surface area (Å²) in [6.45, 7) is 0. The molecule has 2 N–H and O–H groups in total. The van der Waals surface area contributed by atoms with Gasteiger partial charge in [-0.2, -0.15) is 5.10 Å². The number of amides is 1. The summed E-state index contributed by atoms with van der Waals surface area (Å²) in [6, 6.07) is 10.3. The summed E-state index contributed by atoms with van der Waals surface area (Å²) < 4.78 is 25.4. The van der Waals surface area contributed by atoms with Gasteiger partial charge in [-0.15, -0.1) is 0 Å². The number of nitrogens with zero attached hydrogens (tertiary/aromatic N) is 2. The van der Waals surface area contributed by atoms with Gasteiger partial charge in [0.15, 0.2) is 16.4 Å². The number of nitrogens with one attached hydrogen (secondary N) is 1. The Morgan fingerprint density at radius 2 is 1.75 bits per heavy atom. The fourth-order valence-corrected chi connectivity index (χ4v) is 6.29. The molecule has 10 heteroatoms. The van der Waals surface area contributed by atoms with Crippen molar-refractivity contribution in [3.05, 3.63) is 52.8 Å². The first-order chi connectivity index (χ1) is 17.3. The van der Waals surface area contributed by atoms with E-state index >= 15 is 0 Å². The Hall–Kier alpha value is -2.91. The highest BCUT2D eigenvalue weighted by molar-refractivity contribution is 7.72. The Kier molecular flexibility index (Phi) is 7.03. The maximum atomic E-state index is 13.1. The summed E-state index contributed by atoms with van der Waals surface area (Å²) in [6.07, 6.45) is 7.12. The van der Waals surface area contributed by atoms with Crippen molar-refractivity contribution in [1.29, 1.82) is 0 Å². The lowest BCUT2D eigenvalue weighted by Gasteiger charge is -2.32. The Balaban J connectivity index is 1.55. The molecular formula is C26H28ClN3O5S. The van der Waals surface area contributed by atoms with Crippen LogP contribution in [0, 0.1) is 11.8 Å². The maximum Gasteiger partial charge on any atom is 0.306 e. The molecule has 0 unspecified atom stereocenters. The van der Waals surface area contributed by atoms with Crippen LogP contribution in [-0.2, 0) is 21.9 Å². The monoisotopic (exact) mass is 529 g/mol. The molecular weight excluding hydrogens is 502 g/mol. The van der Waals surface area contributed by atoms with Gasteiger partial charge in [0.25, 0.3) is 5.91 Å². The summed E-state index contributed by atoms with van der Waals surface area (Å²) in [7, 11) is -2.79. The van der Waals surface area contributed by atoms with Gasteiger partial charge in [-0.25, -0.2) is 13.1 Å². The van der Waals surface area contributed by atoms with Crippen LogP contribution < -0.4 is 5.32 Å². The van der Waals surface area contributed by atoms with Gasteiger partial charge < -0.3 is 10.4 Å². The molecule has 1 heterocycles. The van der Waals surface area contributed by atoms with Crippen molar-refractivity contribution in [1.82, 2.24) is 15.1 Å². The van der Waals surface area contributed by atoms with Crippen LogP contribution >= 0.6 is 11.6 Å². The predicted octanol–water partition coefficient (Wildman–Crippen LogP) is 4.37. The van der Waals surface area contributed by atoms with Crippen molar-refractivity contribution >= 4 is 45.0 Å². The van der Waals surface area contributed by atoms with Gasteiger partial charge in [0.1, 0.15) is 0 Å². The first-order valence-electron chi connectivity index (χ1n) is 12.3. The minimum Gasteiger partial charge on any atom is -0.481 e. The molecule has 1 aromatic heterocycles. The molecule has 2 saturated carbocycles. The molecule has 0 atom stereocenters. The summed E-state index contributed by atoms with van der Waals surface area (Å²) in [5, 5.41) is 18.2. The van der Waals surface area contributed by atoms with Crippen molar-refractivity contribution in [2.24, 2.45) is 11.8 Å². The number of aliphatic carboxylic acids is 1. The fraction of sp³-hybridized carbons (Fsp3) is 0.423. The summed E-state index contributed by atoms with van der Waals surface area (Å²) in [5.41, 5.74) is 1.49. The van der Waals surface area contributed by atoms with E-state index in [0.717, 1.165) is 31.4 Å². The molecule has 0 aliphatic heterocycles. The van der Waals surface area contributed by atoms with Crippen LogP contribution in [0.5, 0.6) is 0 Å². The second-order valence-electron chi connectivity index (χ2n) is 9.81. The highest BCUT2D eigenvalue weighted by Crippen LogP contribution is 2.35. The largest absolute Gasteiger partial charge is 0.481 e. The molecule has 0 radical (unpaired) electrons. The Morgan fingerprint density at radius 1 is 1.06 bits per heavy atom. The number of carbonyl (C=O) groups excluding carboxylic acids is 1. The third kappa shape index (κ3) is 4.74. The van der Waals surface area contributed by atoms with Crippen LogP contribution in [0.3, 0.4) is 0 Å². The van der Waals surface area contributed by atoms with Crippen LogP contribution in [0.2, 0.25) is 5.02 Å². The van der Waals surface area contributed by atoms with Crippen LogP contribution in [-0.4, -0.2) is 41.2 Å². The highest BCUT2D eigenvalue weighted by atomic mass is 35.5. The molecule has 36 heavy (non-hydrogen) atoms. The summed E-state index contributed by atoms with van der Waals surface area (Å²) in [4.78, 5) is 24.5. The number of carbonyl (C=O) groups is 2. The number of benzene rings is 2. The van der Waals surface area contributed by atoms with E-state index in [1.54, 1.807) is 28.9 Å². The predicted molar refractivity (Wildman–Crippen MR) is 137 cm³/mol. The topological polar surface area (TPSA) is 118 Å². The van der Waals surface area contributed by atoms with Gasteiger partial charge in [-0.05, 0) is 37.3 Å². The lowest BCUT2D eigenvalue weighted by atomic mass is 9.80. The molecule has 0 spiro atoms. The minimum absolute atomic E-state index is 0.101. The quantitative estimate of drug-likeness (QED) is 0.391. The Labute approximate surface area is 215 Å². The van der Waals surface area contributed by atoms with E-state index in [1.807, 2.05) is 12.1 Å². The smallest absolute Gasteiger partial charge is 0.306 e. The first-order valence-corrected chi connectivity index (χ1v) is 13.9. The molecule has 1 amide bonds. The molecule has 2 aliphatic carbocycles. The normalized spacial score (nSPS) is 20.4. The average Bonchev–Trinajstić information content (AvgIpc) is 3.16. The third-order valence-corrected chi connectivity index (χ3v) is 8.64. The van der Waals surface area contributed by atoms with E-state index in [4.69, 9.17) is 16.7 Å². The molecule has 2 fully saturated rings. The summed E-state index contributed by atoms with van der Waals surface area (Å²) >= 11 is 6.82. The summed E-state index contributed by atoms with van der Waals surface area (Å²) in [5.74, 6) is -1.30. The average molecular weight is 530 g/mol. The van der Waals surface area contributed by atoms with Crippen molar-refractivity contribution in [3.8, 4) is 5.69 Å². The number of rotatable bonds is 7. The molecule has 3 aromatic rings.